The van der Waals surface area contributed by atoms with E-state index in [2.05, 4.69) is 15.5 Å². The molecule has 0 unspecified atom stereocenters. The molecule has 1 amide bonds. The number of carbonyl (C=O) groups is 1. The van der Waals surface area contributed by atoms with Crippen LogP contribution < -0.4 is 15.6 Å². The highest BCUT2D eigenvalue weighted by atomic mass is 19.2. The molecule has 4 rings (SSSR count). The Balaban J connectivity index is 1.55. The minimum absolute atomic E-state index is 0.0777. The summed E-state index contributed by atoms with van der Waals surface area (Å²) in [5.41, 5.74) is -1.59. The molecule has 0 aliphatic heterocycles. The van der Waals surface area contributed by atoms with Crippen molar-refractivity contribution < 1.29 is 23.4 Å². The van der Waals surface area contributed by atoms with Gasteiger partial charge in [-0.15, -0.1) is 0 Å². The van der Waals surface area contributed by atoms with Gasteiger partial charge in [-0.1, -0.05) is 31.7 Å². The van der Waals surface area contributed by atoms with E-state index < -0.39 is 34.7 Å². The highest BCUT2D eigenvalue weighted by Gasteiger charge is 2.29. The van der Waals surface area contributed by atoms with Crippen molar-refractivity contribution in [2.24, 2.45) is 5.92 Å². The quantitative estimate of drug-likeness (QED) is 0.458. The molecule has 2 N–H and O–H groups in total. The Labute approximate surface area is 206 Å². The van der Waals surface area contributed by atoms with E-state index in [9.17, 15) is 23.5 Å². The summed E-state index contributed by atoms with van der Waals surface area (Å²) in [6, 6.07) is 5.27. The number of anilines is 1. The lowest BCUT2D eigenvalue weighted by atomic mass is 9.98. The van der Waals surface area contributed by atoms with Crippen LogP contribution in [0.3, 0.4) is 0 Å². The third kappa shape index (κ3) is 6.34. The molecule has 1 fully saturated rings. The monoisotopic (exact) mass is 501 g/mol. The van der Waals surface area contributed by atoms with E-state index >= 15 is 0 Å². The SMILES string of the molecule is CC(C)(O)Cn1ccc(NC(=O)[C@@H](CC2CCCC2)n2ncc(Oc3cccc(F)c3F)cc2=O)n1. The summed E-state index contributed by atoms with van der Waals surface area (Å²) in [7, 11) is 0. The number of aromatic nitrogens is 4. The molecule has 2 aromatic heterocycles. The van der Waals surface area contributed by atoms with E-state index in [1.165, 1.54) is 23.0 Å². The zero-order chi connectivity index (χ0) is 25.9. The second-order valence-corrected chi connectivity index (χ2v) is 9.73. The Morgan fingerprint density at radius 1 is 1.28 bits per heavy atom. The number of hydrogen-bond donors (Lipinski definition) is 2. The molecule has 0 saturated heterocycles. The molecule has 36 heavy (non-hydrogen) atoms. The van der Waals surface area contributed by atoms with Crippen LogP contribution in [0.25, 0.3) is 0 Å². The van der Waals surface area contributed by atoms with Crippen molar-refractivity contribution in [3.63, 3.8) is 0 Å². The number of nitrogens with zero attached hydrogens (tertiary/aromatic N) is 4. The number of rotatable bonds is 9. The summed E-state index contributed by atoms with van der Waals surface area (Å²) in [6.07, 6.45) is 7.29. The van der Waals surface area contributed by atoms with Gasteiger partial charge in [0.1, 0.15) is 6.04 Å². The van der Waals surface area contributed by atoms with Gasteiger partial charge in [0.15, 0.2) is 23.1 Å². The molecule has 192 valence electrons. The Bertz CT molecular complexity index is 1280. The first-order valence-corrected chi connectivity index (χ1v) is 11.9. The third-order valence-corrected chi connectivity index (χ3v) is 6.01. The molecule has 0 radical (unpaired) electrons. The summed E-state index contributed by atoms with van der Waals surface area (Å²) < 4.78 is 35.3. The predicted molar refractivity (Wildman–Crippen MR) is 128 cm³/mol. The van der Waals surface area contributed by atoms with E-state index in [1.54, 1.807) is 26.1 Å². The first-order valence-electron chi connectivity index (χ1n) is 11.9. The minimum Gasteiger partial charge on any atom is -0.452 e. The number of hydrogen-bond acceptors (Lipinski definition) is 6. The van der Waals surface area contributed by atoms with Crippen molar-refractivity contribution in [1.82, 2.24) is 19.6 Å². The number of carbonyl (C=O) groups excluding carboxylic acids is 1. The zero-order valence-corrected chi connectivity index (χ0v) is 20.2. The average molecular weight is 502 g/mol. The highest BCUT2D eigenvalue weighted by molar-refractivity contribution is 5.92. The predicted octanol–water partition coefficient (Wildman–Crippen LogP) is 4.04. The van der Waals surface area contributed by atoms with Gasteiger partial charge in [0, 0.05) is 18.3 Å². The first kappa shape index (κ1) is 25.5. The van der Waals surface area contributed by atoms with Crippen LogP contribution in [-0.4, -0.2) is 36.2 Å². The van der Waals surface area contributed by atoms with E-state index in [0.717, 1.165) is 42.5 Å². The molecule has 0 spiro atoms. The van der Waals surface area contributed by atoms with Crippen molar-refractivity contribution in [3.05, 3.63) is 64.7 Å². The molecule has 9 nitrogen and oxygen atoms in total. The molecular formula is C25H29F2N5O4. The number of aliphatic hydroxyl groups is 1. The van der Waals surface area contributed by atoms with Crippen LogP contribution in [0.5, 0.6) is 11.5 Å². The maximum Gasteiger partial charge on any atom is 0.271 e. The minimum atomic E-state index is -1.18. The Morgan fingerprint density at radius 3 is 2.72 bits per heavy atom. The van der Waals surface area contributed by atoms with Crippen LogP contribution >= 0.6 is 0 Å². The topological polar surface area (TPSA) is 111 Å². The number of nitrogens with one attached hydrogen (secondary N) is 1. The largest absolute Gasteiger partial charge is 0.452 e. The number of amides is 1. The van der Waals surface area contributed by atoms with Gasteiger partial charge < -0.3 is 15.2 Å². The molecule has 3 aromatic rings. The smallest absolute Gasteiger partial charge is 0.271 e. The van der Waals surface area contributed by atoms with Crippen molar-refractivity contribution in [1.29, 1.82) is 0 Å². The van der Waals surface area contributed by atoms with E-state index in [-0.39, 0.29) is 29.8 Å². The number of halogens is 2. The maximum atomic E-state index is 13.9. The first-order chi connectivity index (χ1) is 17.1. The van der Waals surface area contributed by atoms with E-state index in [0.29, 0.717) is 6.42 Å². The highest BCUT2D eigenvalue weighted by Crippen LogP contribution is 2.32. The van der Waals surface area contributed by atoms with E-state index in [1.807, 2.05) is 0 Å². The molecule has 2 heterocycles. The number of benzene rings is 1. The lowest BCUT2D eigenvalue weighted by Gasteiger charge is -2.21. The fraction of sp³-hybridized carbons (Fsp3) is 0.440. The maximum absolute atomic E-state index is 13.9. The average Bonchev–Trinajstić information content (AvgIpc) is 3.47. The van der Waals surface area contributed by atoms with Crippen molar-refractivity contribution in [3.8, 4) is 11.5 Å². The second kappa shape index (κ2) is 10.6. The lowest BCUT2D eigenvalue weighted by Crippen LogP contribution is -2.36. The summed E-state index contributed by atoms with van der Waals surface area (Å²) in [6.45, 7) is 3.54. The summed E-state index contributed by atoms with van der Waals surface area (Å²) in [5.74, 6) is -2.61. The Morgan fingerprint density at radius 2 is 2.03 bits per heavy atom. The van der Waals surface area contributed by atoms with Crippen LogP contribution in [0, 0.1) is 17.6 Å². The normalized spacial score (nSPS) is 15.1. The summed E-state index contributed by atoms with van der Waals surface area (Å²) in [5, 5.41) is 21.1. The van der Waals surface area contributed by atoms with Gasteiger partial charge in [-0.2, -0.15) is 14.6 Å². The second-order valence-electron chi connectivity index (χ2n) is 9.73. The molecule has 11 heteroatoms. The third-order valence-electron chi connectivity index (χ3n) is 6.01. The summed E-state index contributed by atoms with van der Waals surface area (Å²) >= 11 is 0. The molecule has 1 atom stereocenters. The Hall–Kier alpha value is -3.60. The van der Waals surface area contributed by atoms with Gasteiger partial charge >= 0.3 is 0 Å². The standard InChI is InChI=1S/C25H29F2N5O4/c1-25(2,35)15-31-11-10-21(30-31)29-24(34)19(12-16-6-3-4-7-16)32-22(33)13-17(14-28-32)36-20-9-5-8-18(26)23(20)27/h5,8-11,13-14,16,19,35H,3-4,6-7,12,15H2,1-2H3,(H,29,30,34)/t19-/m1/s1. The van der Waals surface area contributed by atoms with Crippen LogP contribution in [0.2, 0.25) is 0 Å². The number of ether oxygens (including phenoxy) is 1. The van der Waals surface area contributed by atoms with Gasteiger partial charge in [-0.3, -0.25) is 14.3 Å². The van der Waals surface area contributed by atoms with Crippen LogP contribution in [0.15, 0.2) is 47.5 Å². The zero-order valence-electron chi connectivity index (χ0n) is 20.2. The van der Waals surface area contributed by atoms with Gasteiger partial charge in [0.2, 0.25) is 5.82 Å². The van der Waals surface area contributed by atoms with Crippen molar-refractivity contribution >= 4 is 11.7 Å². The molecule has 1 saturated carbocycles. The summed E-state index contributed by atoms with van der Waals surface area (Å²) in [4.78, 5) is 26.2. The molecule has 0 bridgehead atoms. The van der Waals surface area contributed by atoms with Gasteiger partial charge in [0.25, 0.3) is 11.5 Å². The molecule has 1 aliphatic rings. The van der Waals surface area contributed by atoms with Crippen molar-refractivity contribution in [2.75, 3.05) is 5.32 Å². The fourth-order valence-corrected chi connectivity index (χ4v) is 4.38. The van der Waals surface area contributed by atoms with Crippen molar-refractivity contribution in [2.45, 2.75) is 64.1 Å². The van der Waals surface area contributed by atoms with Gasteiger partial charge in [-0.05, 0) is 38.3 Å². The van der Waals surface area contributed by atoms with Gasteiger partial charge in [0.05, 0.1) is 18.3 Å². The van der Waals surface area contributed by atoms with Crippen LogP contribution in [0.4, 0.5) is 14.6 Å². The van der Waals surface area contributed by atoms with E-state index in [4.69, 9.17) is 4.74 Å². The van der Waals surface area contributed by atoms with Gasteiger partial charge in [-0.25, -0.2) is 9.07 Å². The lowest BCUT2D eigenvalue weighted by molar-refractivity contribution is -0.120. The molecule has 1 aliphatic carbocycles. The molecular weight excluding hydrogens is 472 g/mol. The van der Waals surface area contributed by atoms with Crippen LogP contribution in [0.1, 0.15) is 52.0 Å². The Kier molecular flexibility index (Phi) is 7.48. The van der Waals surface area contributed by atoms with Crippen LogP contribution in [-0.2, 0) is 11.3 Å². The molecule has 1 aromatic carbocycles. The fourth-order valence-electron chi connectivity index (χ4n) is 4.38.